The van der Waals surface area contributed by atoms with Crippen LogP contribution in [0.5, 0.6) is 5.75 Å². The highest BCUT2D eigenvalue weighted by Crippen LogP contribution is 2.41. The third-order valence-electron chi connectivity index (χ3n) is 3.38. The fourth-order valence-corrected chi connectivity index (χ4v) is 2.94. The van der Waals surface area contributed by atoms with Gasteiger partial charge in [-0.1, -0.05) is 23.2 Å². The average Bonchev–Trinajstić information content (AvgIpc) is 2.75. The number of rotatable bonds is 1. The molecule has 0 bridgehead atoms. The van der Waals surface area contributed by atoms with Gasteiger partial charge in [0.05, 0.1) is 17.6 Å². The second-order valence-electron chi connectivity index (χ2n) is 4.40. The summed E-state index contributed by atoms with van der Waals surface area (Å²) in [6.45, 7) is 2.96. The number of fused-ring (bicyclic) bond motifs is 3. The zero-order chi connectivity index (χ0) is 12.9. The second kappa shape index (κ2) is 5.33. The Hall–Kier alpha value is -0.740. The molecule has 0 radical (unpaired) electrons. The predicted molar refractivity (Wildman–Crippen MR) is 80.8 cm³/mol. The van der Waals surface area contributed by atoms with Crippen LogP contribution >= 0.6 is 35.6 Å². The van der Waals surface area contributed by atoms with E-state index in [9.17, 15) is 0 Å². The van der Waals surface area contributed by atoms with Crippen molar-refractivity contribution in [2.45, 2.75) is 19.5 Å². The summed E-state index contributed by atoms with van der Waals surface area (Å²) in [5.74, 6) is 0.587. The van der Waals surface area contributed by atoms with Gasteiger partial charge < -0.3 is 10.1 Å². The van der Waals surface area contributed by atoms with Gasteiger partial charge in [-0.05, 0) is 24.1 Å². The Bertz CT molecular complexity index is 646. The lowest BCUT2D eigenvalue weighted by molar-refractivity contribution is 0.415. The SMILES string of the molecule is COc1cc2c3c(cnc2c(Cl)c1Cl)CN[C@H]3C.Cl. The number of nitrogens with one attached hydrogen (secondary N) is 1. The van der Waals surface area contributed by atoms with E-state index in [0.717, 1.165) is 17.4 Å². The minimum Gasteiger partial charge on any atom is -0.495 e. The molecule has 1 N–H and O–H groups in total. The van der Waals surface area contributed by atoms with E-state index in [4.69, 9.17) is 27.9 Å². The first-order chi connectivity index (χ1) is 8.63. The van der Waals surface area contributed by atoms with E-state index < -0.39 is 0 Å². The molecule has 3 rings (SSSR count). The molecule has 19 heavy (non-hydrogen) atoms. The number of aromatic nitrogens is 1. The standard InChI is InChI=1S/C13H12Cl2N2O.ClH/c1-6-10-7(4-16-6)5-17-13-8(10)3-9(18-2)11(14)12(13)15;/h3,5-6,16H,4H2,1-2H3;1H/t6-;/m0./s1. The highest BCUT2D eigenvalue weighted by Gasteiger charge is 2.23. The van der Waals surface area contributed by atoms with Gasteiger partial charge in [0.25, 0.3) is 0 Å². The van der Waals surface area contributed by atoms with Crippen molar-refractivity contribution in [1.29, 1.82) is 0 Å². The minimum absolute atomic E-state index is 0. The fraction of sp³-hybridized carbons (Fsp3) is 0.308. The van der Waals surface area contributed by atoms with Gasteiger partial charge in [-0.2, -0.15) is 0 Å². The summed E-state index contributed by atoms with van der Waals surface area (Å²) in [6, 6.07) is 2.20. The molecule has 0 unspecified atom stereocenters. The summed E-state index contributed by atoms with van der Waals surface area (Å²) in [7, 11) is 1.58. The van der Waals surface area contributed by atoms with Gasteiger partial charge in [0.1, 0.15) is 10.8 Å². The summed E-state index contributed by atoms with van der Waals surface area (Å²) in [4.78, 5) is 4.41. The Morgan fingerprint density at radius 3 is 2.79 bits per heavy atom. The molecule has 0 aliphatic carbocycles. The maximum Gasteiger partial charge on any atom is 0.139 e. The molecule has 1 aromatic heterocycles. The number of halogens is 3. The number of nitrogens with zero attached hydrogens (tertiary/aromatic N) is 1. The third-order valence-corrected chi connectivity index (χ3v) is 4.22. The van der Waals surface area contributed by atoms with Crippen molar-refractivity contribution in [2.24, 2.45) is 0 Å². The molecule has 1 atom stereocenters. The van der Waals surface area contributed by atoms with Crippen LogP contribution in [0, 0.1) is 0 Å². The molecular weight excluding hydrogens is 307 g/mol. The number of methoxy groups -OCH3 is 1. The fourth-order valence-electron chi connectivity index (χ4n) is 2.48. The molecule has 2 heterocycles. The minimum atomic E-state index is 0. The molecule has 6 heteroatoms. The normalized spacial score (nSPS) is 17.2. The van der Waals surface area contributed by atoms with Gasteiger partial charge in [-0.3, -0.25) is 4.98 Å². The molecule has 0 spiro atoms. The Labute approximate surface area is 127 Å². The van der Waals surface area contributed by atoms with Crippen LogP contribution in [0.1, 0.15) is 24.1 Å². The van der Waals surface area contributed by atoms with Crippen LogP contribution in [0.3, 0.4) is 0 Å². The summed E-state index contributed by atoms with van der Waals surface area (Å²) < 4.78 is 5.26. The van der Waals surface area contributed by atoms with Crippen LogP contribution in [0.15, 0.2) is 12.3 Å². The highest BCUT2D eigenvalue weighted by atomic mass is 35.5. The van der Waals surface area contributed by atoms with Gasteiger partial charge in [0.2, 0.25) is 0 Å². The Morgan fingerprint density at radius 2 is 2.11 bits per heavy atom. The van der Waals surface area contributed by atoms with Crippen molar-refractivity contribution in [2.75, 3.05) is 7.11 Å². The zero-order valence-corrected chi connectivity index (χ0v) is 12.8. The van der Waals surface area contributed by atoms with Crippen LogP contribution < -0.4 is 10.1 Å². The summed E-state index contributed by atoms with van der Waals surface area (Å²) in [5.41, 5.74) is 3.17. The first-order valence-electron chi connectivity index (χ1n) is 5.70. The largest absolute Gasteiger partial charge is 0.495 e. The summed E-state index contributed by atoms with van der Waals surface area (Å²) in [6.07, 6.45) is 1.86. The van der Waals surface area contributed by atoms with E-state index in [1.165, 1.54) is 11.1 Å². The highest BCUT2D eigenvalue weighted by molar-refractivity contribution is 6.46. The number of pyridine rings is 1. The van der Waals surface area contributed by atoms with E-state index in [1.807, 2.05) is 12.3 Å². The van der Waals surface area contributed by atoms with Gasteiger partial charge in [-0.25, -0.2) is 0 Å². The molecule has 0 saturated heterocycles. The topological polar surface area (TPSA) is 34.1 Å². The van der Waals surface area contributed by atoms with E-state index in [2.05, 4.69) is 17.2 Å². The average molecular weight is 320 g/mol. The maximum absolute atomic E-state index is 6.26. The zero-order valence-electron chi connectivity index (χ0n) is 10.5. The molecule has 1 aliphatic heterocycles. The molecule has 3 nitrogen and oxygen atoms in total. The van der Waals surface area contributed by atoms with Crippen molar-refractivity contribution in [3.63, 3.8) is 0 Å². The van der Waals surface area contributed by atoms with Crippen LogP contribution in [0.25, 0.3) is 10.9 Å². The van der Waals surface area contributed by atoms with E-state index >= 15 is 0 Å². The van der Waals surface area contributed by atoms with Crippen molar-refractivity contribution < 1.29 is 4.74 Å². The van der Waals surface area contributed by atoms with Gasteiger partial charge in [0, 0.05) is 24.2 Å². The Balaban J connectivity index is 0.00000133. The maximum atomic E-state index is 6.26. The molecule has 0 amide bonds. The van der Waals surface area contributed by atoms with Crippen LogP contribution in [0.4, 0.5) is 0 Å². The monoisotopic (exact) mass is 318 g/mol. The summed E-state index contributed by atoms with van der Waals surface area (Å²) in [5, 5.41) is 5.27. The number of benzene rings is 1. The van der Waals surface area contributed by atoms with Crippen molar-refractivity contribution in [3.05, 3.63) is 33.4 Å². The molecular formula is C13H13Cl3N2O. The van der Waals surface area contributed by atoms with E-state index in [0.29, 0.717) is 15.8 Å². The quantitative estimate of drug-likeness (QED) is 0.858. The smallest absolute Gasteiger partial charge is 0.139 e. The Kier molecular flexibility index (Phi) is 4.11. The van der Waals surface area contributed by atoms with Crippen LogP contribution in [-0.2, 0) is 6.54 Å². The van der Waals surface area contributed by atoms with E-state index in [1.54, 1.807) is 7.11 Å². The molecule has 1 aliphatic rings. The van der Waals surface area contributed by atoms with Gasteiger partial charge in [-0.15, -0.1) is 12.4 Å². The molecule has 2 aromatic rings. The second-order valence-corrected chi connectivity index (χ2v) is 5.16. The lowest BCUT2D eigenvalue weighted by atomic mass is 10.0. The summed E-state index contributed by atoms with van der Waals surface area (Å²) >= 11 is 12.4. The molecule has 0 saturated carbocycles. The number of ether oxygens (including phenoxy) is 1. The van der Waals surface area contributed by atoms with Gasteiger partial charge in [0.15, 0.2) is 0 Å². The lowest BCUT2D eigenvalue weighted by Gasteiger charge is -2.12. The lowest BCUT2D eigenvalue weighted by Crippen LogP contribution is -2.07. The number of hydrogen-bond acceptors (Lipinski definition) is 3. The van der Waals surface area contributed by atoms with Crippen molar-refractivity contribution >= 4 is 46.5 Å². The number of hydrogen-bond donors (Lipinski definition) is 1. The van der Waals surface area contributed by atoms with Crippen molar-refractivity contribution in [3.8, 4) is 5.75 Å². The van der Waals surface area contributed by atoms with Crippen LogP contribution in [0.2, 0.25) is 10.0 Å². The van der Waals surface area contributed by atoms with Gasteiger partial charge >= 0.3 is 0 Å². The molecule has 1 aromatic carbocycles. The first-order valence-corrected chi connectivity index (χ1v) is 6.46. The molecule has 102 valence electrons. The molecule has 0 fully saturated rings. The van der Waals surface area contributed by atoms with Crippen LogP contribution in [-0.4, -0.2) is 12.1 Å². The first kappa shape index (κ1) is 14.7. The van der Waals surface area contributed by atoms with Crippen molar-refractivity contribution in [1.82, 2.24) is 10.3 Å². The third kappa shape index (κ3) is 2.15. The Morgan fingerprint density at radius 1 is 1.37 bits per heavy atom. The predicted octanol–water partition coefficient (Wildman–Crippen LogP) is 4.14. The van der Waals surface area contributed by atoms with E-state index in [-0.39, 0.29) is 18.4 Å².